The number of carbonyl (C=O) groups is 1. The van der Waals surface area contributed by atoms with Gasteiger partial charge in [0.1, 0.15) is 0 Å². The average Bonchev–Trinajstić information content (AvgIpc) is 3.11. The van der Waals surface area contributed by atoms with Crippen LogP contribution in [0, 0.1) is 17.8 Å². The Labute approximate surface area is 182 Å². The van der Waals surface area contributed by atoms with E-state index in [4.69, 9.17) is 0 Å². The summed E-state index contributed by atoms with van der Waals surface area (Å²) in [5.41, 5.74) is 3.91. The highest BCUT2D eigenvalue weighted by Gasteiger charge is 2.38. The number of H-pyrrole nitrogens is 1. The molecule has 0 bridgehead atoms. The quantitative estimate of drug-likeness (QED) is 0.694. The van der Waals surface area contributed by atoms with Crippen molar-refractivity contribution < 1.29 is 4.79 Å². The van der Waals surface area contributed by atoms with Crippen molar-refractivity contribution in [1.29, 1.82) is 0 Å². The Kier molecular flexibility index (Phi) is 6.52. The highest BCUT2D eigenvalue weighted by Crippen LogP contribution is 2.40. The molecular formula is C26H39N3O. The minimum atomic E-state index is 0.169. The molecule has 1 aromatic heterocycles. The van der Waals surface area contributed by atoms with E-state index in [2.05, 4.69) is 66.9 Å². The molecule has 0 spiro atoms. The zero-order valence-corrected chi connectivity index (χ0v) is 19.3. The summed E-state index contributed by atoms with van der Waals surface area (Å²) < 4.78 is 0. The van der Waals surface area contributed by atoms with E-state index in [1.54, 1.807) is 0 Å². The fraction of sp³-hybridized carbons (Fsp3) is 0.654. The van der Waals surface area contributed by atoms with E-state index in [-0.39, 0.29) is 12.0 Å². The third kappa shape index (κ3) is 4.16. The summed E-state index contributed by atoms with van der Waals surface area (Å²) in [7, 11) is 2.24. The number of nitrogens with one attached hydrogen (secondary N) is 1. The van der Waals surface area contributed by atoms with Crippen molar-refractivity contribution in [2.45, 2.75) is 65.3 Å². The molecule has 1 N–H and O–H groups in total. The Morgan fingerprint density at radius 1 is 1.20 bits per heavy atom. The van der Waals surface area contributed by atoms with E-state index in [0.29, 0.717) is 11.8 Å². The van der Waals surface area contributed by atoms with Crippen molar-refractivity contribution >= 4 is 16.8 Å². The number of amides is 1. The van der Waals surface area contributed by atoms with Gasteiger partial charge in [0.15, 0.2) is 0 Å². The summed E-state index contributed by atoms with van der Waals surface area (Å²) in [6.45, 7) is 9.98. The van der Waals surface area contributed by atoms with Crippen LogP contribution in [0.3, 0.4) is 0 Å². The van der Waals surface area contributed by atoms with Crippen LogP contribution >= 0.6 is 0 Å². The third-order valence-electron chi connectivity index (χ3n) is 7.37. The van der Waals surface area contributed by atoms with Gasteiger partial charge in [-0.25, -0.2) is 0 Å². The summed E-state index contributed by atoms with van der Waals surface area (Å²) in [6, 6.07) is 8.76. The molecule has 1 amide bonds. The molecule has 1 aromatic carbocycles. The number of benzene rings is 1. The number of aromatic amines is 1. The molecule has 0 saturated heterocycles. The molecule has 1 unspecified atom stereocenters. The first-order chi connectivity index (χ1) is 14.5. The molecular weight excluding hydrogens is 370 g/mol. The third-order valence-corrected chi connectivity index (χ3v) is 7.37. The lowest BCUT2D eigenvalue weighted by Crippen LogP contribution is -2.46. The zero-order valence-electron chi connectivity index (χ0n) is 19.3. The highest BCUT2D eigenvalue weighted by atomic mass is 16.2. The number of fused-ring (bicyclic) bond motifs is 3. The fourth-order valence-corrected chi connectivity index (χ4v) is 5.95. The van der Waals surface area contributed by atoms with Crippen molar-refractivity contribution in [2.24, 2.45) is 17.8 Å². The van der Waals surface area contributed by atoms with Crippen LogP contribution in [0.15, 0.2) is 24.3 Å². The van der Waals surface area contributed by atoms with Gasteiger partial charge in [0.05, 0.1) is 6.04 Å². The first-order valence-corrected chi connectivity index (χ1v) is 12.1. The molecule has 2 aromatic rings. The second-order valence-electron chi connectivity index (χ2n) is 10.0. The van der Waals surface area contributed by atoms with Crippen molar-refractivity contribution in [1.82, 2.24) is 14.8 Å². The molecule has 1 saturated carbocycles. The molecule has 4 rings (SSSR count). The molecule has 30 heavy (non-hydrogen) atoms. The topological polar surface area (TPSA) is 39.3 Å². The van der Waals surface area contributed by atoms with Crippen molar-refractivity contribution in [3.05, 3.63) is 35.5 Å². The standard InChI is InChI=1S/C26H39N3O/c1-5-15-28(4)17-19-10-12-20(13-11-19)26(30)29-16-14-22-21-8-6-7-9-23(21)27-24(22)25(29)18(2)3/h6-9,18-20,25,27H,5,10-17H2,1-4H3. The molecule has 1 fully saturated rings. The highest BCUT2D eigenvalue weighted by molar-refractivity contribution is 5.86. The maximum absolute atomic E-state index is 13.6. The van der Waals surface area contributed by atoms with Gasteiger partial charge < -0.3 is 14.8 Å². The maximum atomic E-state index is 13.6. The van der Waals surface area contributed by atoms with Crippen molar-refractivity contribution in [3.63, 3.8) is 0 Å². The Morgan fingerprint density at radius 3 is 2.63 bits per heavy atom. The second-order valence-corrected chi connectivity index (χ2v) is 10.0. The average molecular weight is 410 g/mol. The zero-order chi connectivity index (χ0) is 21.3. The van der Waals surface area contributed by atoms with Crippen LogP contribution in [0.2, 0.25) is 0 Å². The number of hydrogen-bond acceptors (Lipinski definition) is 2. The molecule has 1 aliphatic heterocycles. The van der Waals surface area contributed by atoms with E-state index in [9.17, 15) is 4.79 Å². The minimum Gasteiger partial charge on any atom is -0.356 e. The Hall–Kier alpha value is -1.81. The minimum absolute atomic E-state index is 0.169. The molecule has 1 aliphatic carbocycles. The number of aromatic nitrogens is 1. The Bertz CT molecular complexity index is 862. The number of rotatable bonds is 6. The maximum Gasteiger partial charge on any atom is 0.226 e. The summed E-state index contributed by atoms with van der Waals surface area (Å²) in [4.78, 5) is 22.0. The lowest BCUT2D eigenvalue weighted by Gasteiger charge is -2.41. The molecule has 2 heterocycles. The van der Waals surface area contributed by atoms with Crippen LogP contribution < -0.4 is 0 Å². The van der Waals surface area contributed by atoms with E-state index >= 15 is 0 Å². The fourth-order valence-electron chi connectivity index (χ4n) is 5.95. The van der Waals surface area contributed by atoms with Crippen LogP contribution in [0.4, 0.5) is 0 Å². The van der Waals surface area contributed by atoms with Gasteiger partial charge in [-0.3, -0.25) is 4.79 Å². The van der Waals surface area contributed by atoms with Crippen molar-refractivity contribution in [3.8, 4) is 0 Å². The Balaban J connectivity index is 1.47. The Morgan fingerprint density at radius 2 is 1.93 bits per heavy atom. The van der Waals surface area contributed by atoms with Gasteiger partial charge in [-0.15, -0.1) is 0 Å². The first kappa shape index (κ1) is 21.4. The molecule has 1 atom stereocenters. The molecule has 164 valence electrons. The number of carbonyl (C=O) groups excluding carboxylic acids is 1. The first-order valence-electron chi connectivity index (χ1n) is 12.1. The van der Waals surface area contributed by atoms with E-state index < -0.39 is 0 Å². The predicted octanol–water partition coefficient (Wildman–Crippen LogP) is 5.40. The van der Waals surface area contributed by atoms with Gasteiger partial charge in [-0.05, 0) is 75.6 Å². The number of nitrogens with zero attached hydrogens (tertiary/aromatic N) is 2. The van der Waals surface area contributed by atoms with E-state index in [1.807, 2.05) is 0 Å². The number of hydrogen-bond donors (Lipinski definition) is 1. The van der Waals surface area contributed by atoms with Crippen LogP contribution in [-0.2, 0) is 11.2 Å². The molecule has 4 nitrogen and oxygen atoms in total. The van der Waals surface area contributed by atoms with Crippen molar-refractivity contribution in [2.75, 3.05) is 26.7 Å². The van der Waals surface area contributed by atoms with Crippen LogP contribution in [0.25, 0.3) is 10.9 Å². The monoisotopic (exact) mass is 409 g/mol. The van der Waals surface area contributed by atoms with Crippen LogP contribution in [0.5, 0.6) is 0 Å². The van der Waals surface area contributed by atoms with Crippen LogP contribution in [-0.4, -0.2) is 47.4 Å². The number of para-hydroxylation sites is 1. The van der Waals surface area contributed by atoms with Crippen LogP contribution in [0.1, 0.15) is 70.2 Å². The molecule has 4 heteroatoms. The normalized spacial score (nSPS) is 24.6. The van der Waals surface area contributed by atoms with Gasteiger partial charge >= 0.3 is 0 Å². The summed E-state index contributed by atoms with van der Waals surface area (Å²) >= 11 is 0. The lowest BCUT2D eigenvalue weighted by molar-refractivity contribution is -0.141. The van der Waals surface area contributed by atoms with E-state index in [1.165, 1.54) is 54.5 Å². The summed E-state index contributed by atoms with van der Waals surface area (Å²) in [5, 5.41) is 1.34. The summed E-state index contributed by atoms with van der Waals surface area (Å²) in [6.07, 6.45) is 6.69. The summed E-state index contributed by atoms with van der Waals surface area (Å²) in [5.74, 6) is 1.77. The largest absolute Gasteiger partial charge is 0.356 e. The van der Waals surface area contributed by atoms with Gasteiger partial charge in [0.2, 0.25) is 5.91 Å². The smallest absolute Gasteiger partial charge is 0.226 e. The lowest BCUT2D eigenvalue weighted by atomic mass is 9.80. The van der Waals surface area contributed by atoms with Gasteiger partial charge in [-0.2, -0.15) is 0 Å². The van der Waals surface area contributed by atoms with Gasteiger partial charge in [-0.1, -0.05) is 39.0 Å². The second kappa shape index (κ2) is 9.13. The van der Waals surface area contributed by atoms with Gasteiger partial charge in [0.25, 0.3) is 0 Å². The SMILES string of the molecule is CCCN(C)CC1CCC(C(=O)N2CCc3c([nH]c4ccccc34)C2C(C)C)CC1. The molecule has 2 aliphatic rings. The van der Waals surface area contributed by atoms with Gasteiger partial charge in [0, 0.05) is 35.6 Å². The van der Waals surface area contributed by atoms with E-state index in [0.717, 1.165) is 31.7 Å². The molecule has 0 radical (unpaired) electrons. The predicted molar refractivity (Wildman–Crippen MR) is 125 cm³/mol.